The molecule has 0 fully saturated rings. The molecule has 1 aromatic carbocycles. The molecule has 5 heteroatoms. The van der Waals surface area contributed by atoms with Crippen LogP contribution < -0.4 is 4.74 Å². The minimum atomic E-state index is -0.741. The Morgan fingerprint density at radius 2 is 1.76 bits per heavy atom. The van der Waals surface area contributed by atoms with Gasteiger partial charge in [-0.3, -0.25) is 4.79 Å². The summed E-state index contributed by atoms with van der Waals surface area (Å²) >= 11 is 0. The maximum atomic E-state index is 10.7. The lowest BCUT2D eigenvalue weighted by Gasteiger charge is -2.23. The number of carbonyl (C=O) groups is 1. The zero-order chi connectivity index (χ0) is 15.7. The molecule has 1 aromatic rings. The van der Waals surface area contributed by atoms with Gasteiger partial charge in [0.2, 0.25) is 0 Å². The van der Waals surface area contributed by atoms with E-state index in [0.717, 1.165) is 31.8 Å². The average molecular weight is 294 g/mol. The topological polar surface area (TPSA) is 53.0 Å². The van der Waals surface area contributed by atoms with Crippen LogP contribution in [0.5, 0.6) is 5.75 Å². The summed E-state index contributed by atoms with van der Waals surface area (Å²) in [5, 5.41) is 8.83. The Labute approximate surface area is 127 Å². The van der Waals surface area contributed by atoms with Crippen LogP contribution in [0, 0.1) is 0 Å². The number of aliphatic carboxylic acids is 1. The largest absolute Gasteiger partial charge is 0.497 e. The number of carboxylic acid groups (broad SMARTS) is 1. The van der Waals surface area contributed by atoms with Crippen LogP contribution in [0.4, 0.5) is 0 Å². The lowest BCUT2D eigenvalue weighted by Crippen LogP contribution is -2.34. The van der Waals surface area contributed by atoms with Crippen molar-refractivity contribution in [2.24, 2.45) is 0 Å². The Morgan fingerprint density at radius 3 is 2.29 bits per heavy atom. The van der Waals surface area contributed by atoms with Gasteiger partial charge in [-0.15, -0.1) is 0 Å². The third kappa shape index (κ3) is 7.68. The van der Waals surface area contributed by atoms with E-state index >= 15 is 0 Å². The molecule has 0 spiro atoms. The fraction of sp³-hybridized carbons (Fsp3) is 0.562. The molecule has 0 aromatic heterocycles. The smallest absolute Gasteiger partial charge is 0.304 e. The molecule has 0 amide bonds. The Bertz CT molecular complexity index is 418. The number of benzene rings is 1. The Morgan fingerprint density at radius 1 is 1.10 bits per heavy atom. The van der Waals surface area contributed by atoms with Gasteiger partial charge in [-0.05, 0) is 38.2 Å². The summed E-state index contributed by atoms with van der Waals surface area (Å²) < 4.78 is 5.14. The quantitative estimate of drug-likeness (QED) is 0.710. The number of carboxylic acids is 1. The molecule has 118 valence electrons. The monoisotopic (exact) mass is 294 g/mol. The van der Waals surface area contributed by atoms with Crippen molar-refractivity contribution in [3.05, 3.63) is 29.8 Å². The van der Waals surface area contributed by atoms with E-state index in [0.29, 0.717) is 6.54 Å². The van der Waals surface area contributed by atoms with Gasteiger partial charge < -0.3 is 19.6 Å². The van der Waals surface area contributed by atoms with E-state index in [1.165, 1.54) is 5.56 Å². The van der Waals surface area contributed by atoms with Crippen LogP contribution >= 0.6 is 0 Å². The normalized spacial score (nSPS) is 11.1. The van der Waals surface area contributed by atoms with Crippen molar-refractivity contribution in [1.29, 1.82) is 0 Å². The first-order valence-electron chi connectivity index (χ1n) is 7.23. The van der Waals surface area contributed by atoms with E-state index < -0.39 is 5.97 Å². The second-order valence-corrected chi connectivity index (χ2v) is 5.39. The zero-order valence-electron chi connectivity index (χ0n) is 13.2. The summed E-state index contributed by atoms with van der Waals surface area (Å²) in [4.78, 5) is 15.1. The van der Waals surface area contributed by atoms with Gasteiger partial charge in [-0.2, -0.15) is 0 Å². The second-order valence-electron chi connectivity index (χ2n) is 5.39. The van der Waals surface area contributed by atoms with Gasteiger partial charge in [0.25, 0.3) is 0 Å². The van der Waals surface area contributed by atoms with E-state index in [-0.39, 0.29) is 6.42 Å². The van der Waals surface area contributed by atoms with Gasteiger partial charge in [-0.1, -0.05) is 12.1 Å². The molecule has 0 aliphatic rings. The lowest BCUT2D eigenvalue weighted by atomic mass is 10.1. The summed E-state index contributed by atoms with van der Waals surface area (Å²) in [6.45, 7) is 3.28. The van der Waals surface area contributed by atoms with Crippen LogP contribution in [0.15, 0.2) is 24.3 Å². The van der Waals surface area contributed by atoms with Crippen LogP contribution in [0.2, 0.25) is 0 Å². The Balaban J connectivity index is 2.47. The van der Waals surface area contributed by atoms with Gasteiger partial charge in [0.15, 0.2) is 0 Å². The predicted molar refractivity (Wildman–Crippen MR) is 83.9 cm³/mol. The first-order chi connectivity index (χ1) is 10.0. The standard InChI is InChI=1S/C16H26N2O3/c1-17(2)12-13-18(11-9-16(19)20)10-8-14-4-6-15(21-3)7-5-14/h4-7H,8-13H2,1-3H3,(H,19,20). The third-order valence-electron chi connectivity index (χ3n) is 3.38. The fourth-order valence-electron chi connectivity index (χ4n) is 2.01. The highest BCUT2D eigenvalue weighted by Crippen LogP contribution is 2.12. The van der Waals surface area contributed by atoms with E-state index in [2.05, 4.69) is 21.9 Å². The highest BCUT2D eigenvalue weighted by molar-refractivity contribution is 5.66. The number of likely N-dealkylation sites (N-methyl/N-ethyl adjacent to an activating group) is 1. The van der Waals surface area contributed by atoms with Crippen molar-refractivity contribution in [2.75, 3.05) is 47.4 Å². The number of rotatable bonds is 10. The summed E-state index contributed by atoms with van der Waals surface area (Å²) in [6, 6.07) is 8.02. The van der Waals surface area contributed by atoms with Gasteiger partial charge in [0.1, 0.15) is 5.75 Å². The number of methoxy groups -OCH3 is 1. The molecule has 0 saturated carbocycles. The highest BCUT2D eigenvalue weighted by Gasteiger charge is 2.08. The van der Waals surface area contributed by atoms with Crippen LogP contribution in [-0.4, -0.2) is 68.3 Å². The molecule has 5 nitrogen and oxygen atoms in total. The molecule has 0 unspecified atom stereocenters. The number of ether oxygens (including phenoxy) is 1. The molecule has 1 rings (SSSR count). The molecule has 0 bridgehead atoms. The van der Waals surface area contributed by atoms with Crippen LogP contribution in [0.1, 0.15) is 12.0 Å². The van der Waals surface area contributed by atoms with E-state index in [1.54, 1.807) is 7.11 Å². The van der Waals surface area contributed by atoms with Crippen LogP contribution in [0.25, 0.3) is 0 Å². The Kier molecular flexibility index (Phi) is 7.79. The van der Waals surface area contributed by atoms with Gasteiger partial charge in [-0.25, -0.2) is 0 Å². The Hall–Kier alpha value is -1.59. The third-order valence-corrected chi connectivity index (χ3v) is 3.38. The molecule has 0 saturated heterocycles. The SMILES string of the molecule is COc1ccc(CCN(CCC(=O)O)CCN(C)C)cc1. The molecule has 0 aliphatic carbocycles. The molecule has 0 radical (unpaired) electrons. The van der Waals surface area contributed by atoms with Crippen LogP contribution in [0.3, 0.4) is 0 Å². The van der Waals surface area contributed by atoms with Crippen molar-refractivity contribution in [1.82, 2.24) is 9.80 Å². The minimum absolute atomic E-state index is 0.191. The number of hydrogen-bond donors (Lipinski definition) is 1. The highest BCUT2D eigenvalue weighted by atomic mass is 16.5. The van der Waals surface area contributed by atoms with Crippen molar-refractivity contribution < 1.29 is 14.6 Å². The molecule has 0 atom stereocenters. The number of nitrogens with zero attached hydrogens (tertiary/aromatic N) is 2. The molecule has 0 heterocycles. The molecule has 0 aliphatic heterocycles. The molecular formula is C16H26N2O3. The van der Waals surface area contributed by atoms with E-state index in [4.69, 9.17) is 9.84 Å². The maximum absolute atomic E-state index is 10.7. The molecular weight excluding hydrogens is 268 g/mol. The maximum Gasteiger partial charge on any atom is 0.304 e. The average Bonchev–Trinajstić information content (AvgIpc) is 2.46. The summed E-state index contributed by atoms with van der Waals surface area (Å²) in [5.41, 5.74) is 1.24. The van der Waals surface area contributed by atoms with Crippen LogP contribution in [-0.2, 0) is 11.2 Å². The number of hydrogen-bond acceptors (Lipinski definition) is 4. The first kappa shape index (κ1) is 17.5. The second kappa shape index (κ2) is 9.37. The predicted octanol–water partition coefficient (Wildman–Crippen LogP) is 1.58. The van der Waals surface area contributed by atoms with Gasteiger partial charge in [0, 0.05) is 26.2 Å². The van der Waals surface area contributed by atoms with E-state index in [1.807, 2.05) is 26.2 Å². The fourth-order valence-corrected chi connectivity index (χ4v) is 2.01. The summed E-state index contributed by atoms with van der Waals surface area (Å²) in [6.07, 6.45) is 1.10. The minimum Gasteiger partial charge on any atom is -0.497 e. The van der Waals surface area contributed by atoms with Crippen molar-refractivity contribution in [3.63, 3.8) is 0 Å². The first-order valence-corrected chi connectivity index (χ1v) is 7.23. The summed E-state index contributed by atoms with van der Waals surface area (Å²) in [7, 11) is 5.71. The molecule has 21 heavy (non-hydrogen) atoms. The van der Waals surface area contributed by atoms with Gasteiger partial charge >= 0.3 is 5.97 Å². The zero-order valence-corrected chi connectivity index (χ0v) is 13.2. The lowest BCUT2D eigenvalue weighted by molar-refractivity contribution is -0.137. The molecule has 1 N–H and O–H groups in total. The van der Waals surface area contributed by atoms with E-state index in [9.17, 15) is 4.79 Å². The van der Waals surface area contributed by atoms with Crippen molar-refractivity contribution >= 4 is 5.97 Å². The summed E-state index contributed by atoms with van der Waals surface area (Å²) in [5.74, 6) is 0.114. The van der Waals surface area contributed by atoms with Crippen molar-refractivity contribution in [3.8, 4) is 5.75 Å². The van der Waals surface area contributed by atoms with Gasteiger partial charge in [0.05, 0.1) is 13.5 Å². The van der Waals surface area contributed by atoms with Crippen molar-refractivity contribution in [2.45, 2.75) is 12.8 Å².